The highest BCUT2D eigenvalue weighted by Gasteiger charge is 2.11. The highest BCUT2D eigenvalue weighted by molar-refractivity contribution is 6.17. The molecule has 3 nitrogen and oxygen atoms in total. The molecular formula is C13H18ClNO2. The molecule has 4 heteroatoms. The van der Waals surface area contributed by atoms with Crippen molar-refractivity contribution in [2.24, 2.45) is 0 Å². The van der Waals surface area contributed by atoms with E-state index in [1.165, 1.54) is 6.07 Å². The van der Waals surface area contributed by atoms with Crippen molar-refractivity contribution in [2.75, 3.05) is 19.5 Å². The molecule has 0 bridgehead atoms. The second-order valence-corrected chi connectivity index (χ2v) is 4.40. The maximum atomic E-state index is 11.9. The molecule has 0 saturated carbocycles. The van der Waals surface area contributed by atoms with Crippen molar-refractivity contribution in [3.63, 3.8) is 0 Å². The average Bonchev–Trinajstić information content (AvgIpc) is 2.33. The number of benzene rings is 1. The van der Waals surface area contributed by atoms with E-state index >= 15 is 0 Å². The summed E-state index contributed by atoms with van der Waals surface area (Å²) in [5, 5.41) is 9.30. The Bertz CT molecular complexity index is 368. The smallest absolute Gasteiger partial charge is 0.253 e. The first-order valence-corrected chi connectivity index (χ1v) is 6.29. The van der Waals surface area contributed by atoms with Gasteiger partial charge in [-0.3, -0.25) is 4.79 Å². The Morgan fingerprint density at radius 3 is 2.76 bits per heavy atom. The Morgan fingerprint density at radius 1 is 1.35 bits per heavy atom. The zero-order valence-electron chi connectivity index (χ0n) is 10.0. The lowest BCUT2D eigenvalue weighted by Gasteiger charge is -2.17. The number of phenolic OH excluding ortho intramolecular Hbond substituents is 1. The summed E-state index contributed by atoms with van der Waals surface area (Å²) in [6.45, 7) is 0.714. The molecule has 1 rings (SSSR count). The Balaban J connectivity index is 2.46. The zero-order chi connectivity index (χ0) is 12.7. The van der Waals surface area contributed by atoms with E-state index in [9.17, 15) is 9.90 Å². The fourth-order valence-electron chi connectivity index (χ4n) is 1.58. The molecule has 0 heterocycles. The molecule has 0 radical (unpaired) electrons. The second-order valence-electron chi connectivity index (χ2n) is 4.03. The Hall–Kier alpha value is -1.22. The summed E-state index contributed by atoms with van der Waals surface area (Å²) in [5.74, 6) is 0.725. The number of nitrogens with zero attached hydrogens (tertiary/aromatic N) is 1. The number of amides is 1. The number of aromatic hydroxyl groups is 1. The summed E-state index contributed by atoms with van der Waals surface area (Å²) in [5.41, 5.74) is 0.518. The van der Waals surface area contributed by atoms with Crippen LogP contribution in [0.4, 0.5) is 0 Å². The number of phenols is 1. The molecule has 1 aromatic carbocycles. The molecule has 0 unspecified atom stereocenters. The van der Waals surface area contributed by atoms with Gasteiger partial charge in [-0.1, -0.05) is 12.5 Å². The van der Waals surface area contributed by atoms with Crippen molar-refractivity contribution >= 4 is 17.5 Å². The van der Waals surface area contributed by atoms with E-state index in [0.717, 1.165) is 19.3 Å². The number of rotatable bonds is 6. The highest BCUT2D eigenvalue weighted by atomic mass is 35.5. The van der Waals surface area contributed by atoms with Gasteiger partial charge in [-0.15, -0.1) is 11.6 Å². The van der Waals surface area contributed by atoms with Crippen LogP contribution in [0.25, 0.3) is 0 Å². The van der Waals surface area contributed by atoms with Gasteiger partial charge < -0.3 is 10.0 Å². The minimum absolute atomic E-state index is 0.0632. The zero-order valence-corrected chi connectivity index (χ0v) is 10.8. The number of alkyl halides is 1. The predicted octanol–water partition coefficient (Wildman–Crippen LogP) is 2.87. The van der Waals surface area contributed by atoms with Gasteiger partial charge in [0.05, 0.1) is 0 Å². The summed E-state index contributed by atoms with van der Waals surface area (Å²) in [6.07, 6.45) is 2.96. The van der Waals surface area contributed by atoms with Gasteiger partial charge >= 0.3 is 0 Å². The second kappa shape index (κ2) is 7.17. The van der Waals surface area contributed by atoms with Crippen LogP contribution in [0.3, 0.4) is 0 Å². The first-order chi connectivity index (χ1) is 8.15. The van der Waals surface area contributed by atoms with Gasteiger partial charge in [0, 0.05) is 25.0 Å². The molecule has 0 spiro atoms. The van der Waals surface area contributed by atoms with Crippen molar-refractivity contribution in [2.45, 2.75) is 19.3 Å². The summed E-state index contributed by atoms with van der Waals surface area (Å²) in [7, 11) is 1.77. The molecule has 1 aromatic rings. The minimum Gasteiger partial charge on any atom is -0.508 e. The van der Waals surface area contributed by atoms with E-state index in [-0.39, 0.29) is 11.7 Å². The first-order valence-electron chi connectivity index (χ1n) is 5.75. The topological polar surface area (TPSA) is 40.5 Å². The number of carbonyl (C=O) groups is 1. The molecule has 0 aromatic heterocycles. The average molecular weight is 256 g/mol. The van der Waals surface area contributed by atoms with Gasteiger partial charge in [0.1, 0.15) is 5.75 Å². The third kappa shape index (κ3) is 4.65. The van der Waals surface area contributed by atoms with E-state index in [4.69, 9.17) is 11.6 Å². The third-order valence-electron chi connectivity index (χ3n) is 2.57. The van der Waals surface area contributed by atoms with Crippen LogP contribution >= 0.6 is 11.6 Å². The Labute approximate surface area is 107 Å². The molecule has 0 fully saturated rings. The van der Waals surface area contributed by atoms with Crippen LogP contribution in [-0.4, -0.2) is 35.4 Å². The van der Waals surface area contributed by atoms with Crippen molar-refractivity contribution in [1.82, 2.24) is 4.90 Å². The molecule has 1 amide bonds. The Morgan fingerprint density at radius 2 is 2.12 bits per heavy atom. The minimum atomic E-state index is -0.0632. The molecule has 1 N–H and O–H groups in total. The standard InChI is InChI=1S/C13H18ClNO2/c1-15(9-4-2-3-8-14)13(17)11-6-5-7-12(16)10-11/h5-7,10,16H,2-4,8-9H2,1H3. The summed E-state index contributed by atoms with van der Waals surface area (Å²) in [6, 6.07) is 6.41. The van der Waals surface area contributed by atoms with Gasteiger partial charge in [-0.2, -0.15) is 0 Å². The normalized spacial score (nSPS) is 10.2. The maximum absolute atomic E-state index is 11.9. The van der Waals surface area contributed by atoms with Crippen LogP contribution in [0.1, 0.15) is 29.6 Å². The van der Waals surface area contributed by atoms with Crippen molar-refractivity contribution in [3.8, 4) is 5.75 Å². The monoisotopic (exact) mass is 255 g/mol. The Kier molecular flexibility index (Phi) is 5.84. The number of carbonyl (C=O) groups excluding carboxylic acids is 1. The highest BCUT2D eigenvalue weighted by Crippen LogP contribution is 2.12. The number of unbranched alkanes of at least 4 members (excludes halogenated alkanes) is 2. The lowest BCUT2D eigenvalue weighted by molar-refractivity contribution is 0.0792. The van der Waals surface area contributed by atoms with E-state index in [1.54, 1.807) is 30.1 Å². The van der Waals surface area contributed by atoms with Crippen LogP contribution in [-0.2, 0) is 0 Å². The van der Waals surface area contributed by atoms with Crippen LogP contribution in [0.15, 0.2) is 24.3 Å². The van der Waals surface area contributed by atoms with Crippen molar-refractivity contribution in [1.29, 1.82) is 0 Å². The van der Waals surface area contributed by atoms with Crippen LogP contribution < -0.4 is 0 Å². The van der Waals surface area contributed by atoms with Gasteiger partial charge in [0.15, 0.2) is 0 Å². The lowest BCUT2D eigenvalue weighted by atomic mass is 10.2. The quantitative estimate of drug-likeness (QED) is 0.627. The summed E-state index contributed by atoms with van der Waals surface area (Å²) in [4.78, 5) is 13.6. The van der Waals surface area contributed by atoms with E-state index in [1.807, 2.05) is 0 Å². The van der Waals surface area contributed by atoms with Crippen molar-refractivity contribution < 1.29 is 9.90 Å². The predicted molar refractivity (Wildman–Crippen MR) is 69.6 cm³/mol. The fourth-order valence-corrected chi connectivity index (χ4v) is 1.77. The first kappa shape index (κ1) is 13.8. The van der Waals surface area contributed by atoms with Crippen LogP contribution in [0.5, 0.6) is 5.75 Å². The molecule has 0 aliphatic heterocycles. The van der Waals surface area contributed by atoms with Gasteiger partial charge in [0.25, 0.3) is 5.91 Å². The van der Waals surface area contributed by atoms with Crippen molar-refractivity contribution in [3.05, 3.63) is 29.8 Å². The van der Waals surface area contributed by atoms with E-state index in [2.05, 4.69) is 0 Å². The molecule has 0 saturated heterocycles. The summed E-state index contributed by atoms with van der Waals surface area (Å²) < 4.78 is 0. The fraction of sp³-hybridized carbons (Fsp3) is 0.462. The summed E-state index contributed by atoms with van der Waals surface area (Å²) >= 11 is 5.58. The molecule has 0 aliphatic carbocycles. The van der Waals surface area contributed by atoms with Gasteiger partial charge in [0.2, 0.25) is 0 Å². The number of hydrogen-bond donors (Lipinski definition) is 1. The molecular weight excluding hydrogens is 238 g/mol. The molecule has 0 aliphatic rings. The third-order valence-corrected chi connectivity index (χ3v) is 2.83. The van der Waals surface area contributed by atoms with Crippen LogP contribution in [0, 0.1) is 0 Å². The van der Waals surface area contributed by atoms with E-state index < -0.39 is 0 Å². The molecule has 0 atom stereocenters. The number of hydrogen-bond acceptors (Lipinski definition) is 2. The SMILES string of the molecule is CN(CCCCCCl)C(=O)c1cccc(O)c1. The lowest BCUT2D eigenvalue weighted by Crippen LogP contribution is -2.27. The maximum Gasteiger partial charge on any atom is 0.253 e. The van der Waals surface area contributed by atoms with Gasteiger partial charge in [-0.05, 0) is 31.0 Å². The van der Waals surface area contributed by atoms with Gasteiger partial charge in [-0.25, -0.2) is 0 Å². The van der Waals surface area contributed by atoms with Crippen LogP contribution in [0.2, 0.25) is 0 Å². The largest absolute Gasteiger partial charge is 0.508 e. The number of halogens is 1. The molecule has 17 heavy (non-hydrogen) atoms. The molecule has 94 valence electrons. The van der Waals surface area contributed by atoms with E-state index in [0.29, 0.717) is 18.0 Å².